The minimum Gasteiger partial charge on any atom is -0.480 e. The highest BCUT2D eigenvalue weighted by Crippen LogP contribution is 2.08. The first-order valence-electron chi connectivity index (χ1n) is 9.77. The largest absolute Gasteiger partial charge is 0.480 e. The van der Waals surface area contributed by atoms with E-state index in [-0.39, 0.29) is 12.3 Å². The Morgan fingerprint density at radius 2 is 1.37 bits per heavy atom. The molecule has 0 saturated carbocycles. The summed E-state index contributed by atoms with van der Waals surface area (Å²) in [4.78, 5) is 36.3. The Kier molecular flexibility index (Phi) is 13.5. The number of nitrogens with two attached hydrogens (primary N) is 3. The van der Waals surface area contributed by atoms with Crippen LogP contribution in [0.3, 0.4) is 0 Å². The quantitative estimate of drug-likeness (QED) is 0.209. The van der Waals surface area contributed by atoms with Crippen molar-refractivity contribution in [2.75, 3.05) is 13.1 Å². The third-order valence-electron chi connectivity index (χ3n) is 4.70. The maximum Gasteiger partial charge on any atom is 0.326 e. The van der Waals surface area contributed by atoms with Gasteiger partial charge in [-0.2, -0.15) is 0 Å². The second-order valence-electron chi connectivity index (χ2n) is 6.94. The van der Waals surface area contributed by atoms with Gasteiger partial charge in [-0.25, -0.2) is 4.79 Å². The highest BCUT2D eigenvalue weighted by molar-refractivity contribution is 5.91. The van der Waals surface area contributed by atoms with Gasteiger partial charge in [-0.1, -0.05) is 20.3 Å². The molecule has 9 N–H and O–H groups in total. The summed E-state index contributed by atoms with van der Waals surface area (Å²) in [7, 11) is 0. The number of hydrogen-bond acceptors (Lipinski definition) is 6. The highest BCUT2D eigenvalue weighted by atomic mass is 16.4. The molecule has 0 heterocycles. The van der Waals surface area contributed by atoms with Gasteiger partial charge in [0.2, 0.25) is 11.8 Å². The molecule has 0 aromatic carbocycles. The van der Waals surface area contributed by atoms with E-state index < -0.39 is 35.9 Å². The number of unbranched alkanes of at least 4 members (excludes halogenated alkanes) is 2. The third-order valence-corrected chi connectivity index (χ3v) is 4.70. The maximum atomic E-state index is 12.6. The molecule has 158 valence electrons. The minimum absolute atomic E-state index is 0.0271. The number of carboxylic acids is 1. The van der Waals surface area contributed by atoms with Crippen LogP contribution in [-0.2, 0) is 14.4 Å². The van der Waals surface area contributed by atoms with Crippen LogP contribution < -0.4 is 27.8 Å². The second kappa shape index (κ2) is 14.4. The lowest BCUT2D eigenvalue weighted by molar-refractivity contribution is -0.142. The van der Waals surface area contributed by atoms with Crippen molar-refractivity contribution >= 4 is 17.8 Å². The van der Waals surface area contributed by atoms with Crippen molar-refractivity contribution in [2.45, 2.75) is 76.9 Å². The van der Waals surface area contributed by atoms with Crippen molar-refractivity contribution in [1.82, 2.24) is 10.6 Å². The van der Waals surface area contributed by atoms with Gasteiger partial charge < -0.3 is 32.9 Å². The van der Waals surface area contributed by atoms with E-state index in [2.05, 4.69) is 10.6 Å². The molecule has 0 rings (SSSR count). The molecular weight excluding hydrogens is 350 g/mol. The number of aliphatic carboxylic acids is 1. The fourth-order valence-electron chi connectivity index (χ4n) is 2.56. The Bertz CT molecular complexity index is 461. The molecule has 9 heteroatoms. The molecule has 0 fully saturated rings. The van der Waals surface area contributed by atoms with Gasteiger partial charge in [-0.3, -0.25) is 9.59 Å². The zero-order valence-electron chi connectivity index (χ0n) is 16.6. The average Bonchev–Trinajstić information content (AvgIpc) is 2.64. The smallest absolute Gasteiger partial charge is 0.326 e. The van der Waals surface area contributed by atoms with Crippen molar-refractivity contribution in [2.24, 2.45) is 23.1 Å². The van der Waals surface area contributed by atoms with Crippen molar-refractivity contribution in [3.05, 3.63) is 0 Å². The summed E-state index contributed by atoms with van der Waals surface area (Å²) in [5.41, 5.74) is 16.8. The lowest BCUT2D eigenvalue weighted by Gasteiger charge is -2.24. The van der Waals surface area contributed by atoms with E-state index in [1.165, 1.54) is 0 Å². The van der Waals surface area contributed by atoms with Crippen LogP contribution in [-0.4, -0.2) is 54.1 Å². The van der Waals surface area contributed by atoms with Gasteiger partial charge in [-0.05, 0) is 57.5 Å². The Morgan fingerprint density at radius 1 is 0.889 bits per heavy atom. The van der Waals surface area contributed by atoms with Crippen molar-refractivity contribution in [3.63, 3.8) is 0 Å². The number of carbonyl (C=O) groups is 3. The van der Waals surface area contributed by atoms with Crippen molar-refractivity contribution in [3.8, 4) is 0 Å². The van der Waals surface area contributed by atoms with Crippen LogP contribution in [0.2, 0.25) is 0 Å². The van der Waals surface area contributed by atoms with Gasteiger partial charge in [0.1, 0.15) is 12.1 Å². The molecule has 2 amide bonds. The van der Waals surface area contributed by atoms with E-state index in [0.717, 1.165) is 6.42 Å². The summed E-state index contributed by atoms with van der Waals surface area (Å²) in [6, 6.07) is -2.57. The standard InChI is InChI=1S/C18H37N5O4/c1-3-12(2)15(21)17(25)22-13(8-4-6-10-19)16(24)23-14(18(26)27)9-5-7-11-20/h12-15H,3-11,19-21H2,1-2H3,(H,22,25)(H,23,24)(H,26,27). The zero-order valence-corrected chi connectivity index (χ0v) is 16.6. The molecule has 0 aliphatic rings. The van der Waals surface area contributed by atoms with Gasteiger partial charge in [-0.15, -0.1) is 0 Å². The molecule has 9 nitrogen and oxygen atoms in total. The summed E-state index contributed by atoms with van der Waals surface area (Å²) in [5.74, 6) is -2.06. The van der Waals surface area contributed by atoms with Crippen LogP contribution in [0.25, 0.3) is 0 Å². The number of amides is 2. The number of hydrogen-bond donors (Lipinski definition) is 6. The molecule has 0 saturated heterocycles. The van der Waals surface area contributed by atoms with E-state index in [4.69, 9.17) is 17.2 Å². The molecule has 0 bridgehead atoms. The number of nitrogens with one attached hydrogen (secondary N) is 2. The molecule has 0 aromatic heterocycles. The molecule has 0 aliphatic carbocycles. The fourth-order valence-corrected chi connectivity index (χ4v) is 2.56. The number of carbonyl (C=O) groups excluding carboxylic acids is 2. The van der Waals surface area contributed by atoms with Crippen LogP contribution in [0.4, 0.5) is 0 Å². The van der Waals surface area contributed by atoms with E-state index in [1.54, 1.807) is 0 Å². The number of rotatable bonds is 15. The van der Waals surface area contributed by atoms with Crippen LogP contribution in [0.1, 0.15) is 58.8 Å². The predicted molar refractivity (Wildman–Crippen MR) is 105 cm³/mol. The van der Waals surface area contributed by atoms with Gasteiger partial charge in [0, 0.05) is 0 Å². The average molecular weight is 388 g/mol. The van der Waals surface area contributed by atoms with E-state index in [9.17, 15) is 19.5 Å². The third kappa shape index (κ3) is 10.3. The van der Waals surface area contributed by atoms with Crippen LogP contribution in [0.5, 0.6) is 0 Å². The predicted octanol–water partition coefficient (Wildman–Crippen LogP) is -0.328. The molecule has 0 radical (unpaired) electrons. The van der Waals surface area contributed by atoms with Crippen molar-refractivity contribution < 1.29 is 19.5 Å². The summed E-state index contributed by atoms with van der Waals surface area (Å²) >= 11 is 0. The van der Waals surface area contributed by atoms with Crippen LogP contribution in [0, 0.1) is 5.92 Å². The summed E-state index contributed by atoms with van der Waals surface area (Å²) < 4.78 is 0. The van der Waals surface area contributed by atoms with Gasteiger partial charge >= 0.3 is 5.97 Å². The van der Waals surface area contributed by atoms with Gasteiger partial charge in [0.15, 0.2) is 0 Å². The topological polar surface area (TPSA) is 174 Å². The maximum absolute atomic E-state index is 12.6. The SMILES string of the molecule is CCC(C)C(N)C(=O)NC(CCCCN)C(=O)NC(CCCCN)C(=O)O. The van der Waals surface area contributed by atoms with Crippen molar-refractivity contribution in [1.29, 1.82) is 0 Å². The van der Waals surface area contributed by atoms with E-state index >= 15 is 0 Å². The molecule has 0 aliphatic heterocycles. The molecule has 0 spiro atoms. The first-order valence-corrected chi connectivity index (χ1v) is 9.77. The second-order valence-corrected chi connectivity index (χ2v) is 6.94. The Morgan fingerprint density at radius 3 is 1.81 bits per heavy atom. The Balaban J connectivity index is 4.99. The van der Waals surface area contributed by atoms with Gasteiger partial charge in [0.25, 0.3) is 0 Å². The highest BCUT2D eigenvalue weighted by Gasteiger charge is 2.28. The van der Waals surface area contributed by atoms with E-state index in [1.807, 2.05) is 13.8 Å². The van der Waals surface area contributed by atoms with Crippen LogP contribution >= 0.6 is 0 Å². The first-order chi connectivity index (χ1) is 12.8. The zero-order chi connectivity index (χ0) is 20.8. The lowest BCUT2D eigenvalue weighted by atomic mass is 9.98. The fraction of sp³-hybridized carbons (Fsp3) is 0.833. The lowest BCUT2D eigenvalue weighted by Crippen LogP contribution is -2.55. The molecule has 0 aromatic rings. The Hall–Kier alpha value is -1.71. The normalized spacial score (nSPS) is 15.4. The molecule has 4 unspecified atom stereocenters. The summed E-state index contributed by atoms with van der Waals surface area (Å²) in [5, 5.41) is 14.5. The Labute approximate surface area is 161 Å². The monoisotopic (exact) mass is 387 g/mol. The van der Waals surface area contributed by atoms with Crippen LogP contribution in [0.15, 0.2) is 0 Å². The summed E-state index contributed by atoms with van der Waals surface area (Å²) in [6.07, 6.45) is 4.01. The number of carboxylic acid groups (broad SMARTS) is 1. The van der Waals surface area contributed by atoms with Gasteiger partial charge in [0.05, 0.1) is 6.04 Å². The van der Waals surface area contributed by atoms with E-state index in [0.29, 0.717) is 45.2 Å². The summed E-state index contributed by atoms with van der Waals surface area (Å²) in [6.45, 7) is 4.74. The minimum atomic E-state index is -1.11. The first kappa shape index (κ1) is 25.3. The molecule has 4 atom stereocenters. The molecule has 27 heavy (non-hydrogen) atoms. The molecular formula is C18H37N5O4.